The maximum Gasteiger partial charge on any atom is 0.141 e. The molecule has 18 heavy (non-hydrogen) atoms. The summed E-state index contributed by atoms with van der Waals surface area (Å²) in [4.78, 5) is 1.02. The number of hydrogen-bond donors (Lipinski definition) is 0. The molecule has 1 heterocycles. The van der Waals surface area contributed by atoms with E-state index in [4.69, 9.17) is 0 Å². The molecule has 1 aromatic heterocycles. The minimum atomic E-state index is -0.210. The van der Waals surface area contributed by atoms with Crippen LogP contribution in [0.4, 0.5) is 4.39 Å². The largest absolute Gasteiger partial charge is 0.205 e. The fourth-order valence-corrected chi connectivity index (χ4v) is 3.53. The Morgan fingerprint density at radius 1 is 1.39 bits per heavy atom. The fraction of sp³-hybridized carbons (Fsp3) is 0.400. The Kier molecular flexibility index (Phi) is 3.68. The number of nitrogens with zero attached hydrogens (tertiary/aromatic N) is 1. The van der Waals surface area contributed by atoms with E-state index in [9.17, 15) is 9.65 Å². The van der Waals surface area contributed by atoms with Crippen LogP contribution in [0, 0.1) is 17.1 Å². The van der Waals surface area contributed by atoms with E-state index in [1.807, 2.05) is 6.92 Å². The number of halogens is 1. The molecule has 0 amide bonds. The fourth-order valence-electron chi connectivity index (χ4n) is 2.19. The molecule has 0 aliphatic carbocycles. The second-order valence-corrected chi connectivity index (χ2v) is 5.58. The highest BCUT2D eigenvalue weighted by atomic mass is 32.1. The predicted molar refractivity (Wildman–Crippen MR) is 74.6 cm³/mol. The van der Waals surface area contributed by atoms with Gasteiger partial charge in [0.2, 0.25) is 0 Å². The summed E-state index contributed by atoms with van der Waals surface area (Å²) in [6.07, 6.45) is 1.78. The van der Waals surface area contributed by atoms with E-state index in [1.165, 1.54) is 17.4 Å². The molecular formula is C15H16FNS. The number of nitriles is 1. The Morgan fingerprint density at radius 3 is 2.67 bits per heavy atom. The van der Waals surface area contributed by atoms with Gasteiger partial charge in [-0.3, -0.25) is 0 Å². The number of rotatable bonds is 3. The first-order valence-electron chi connectivity index (χ1n) is 6.27. The lowest BCUT2D eigenvalue weighted by Gasteiger charge is -2.05. The lowest BCUT2D eigenvalue weighted by atomic mass is 9.98. The molecule has 0 radical (unpaired) electrons. The summed E-state index contributed by atoms with van der Waals surface area (Å²) in [5, 5.41) is 10.2. The normalized spacial score (nSPS) is 12.6. The zero-order valence-corrected chi connectivity index (χ0v) is 11.7. The van der Waals surface area contributed by atoms with Gasteiger partial charge in [-0.15, -0.1) is 11.3 Å². The highest BCUT2D eigenvalue weighted by molar-refractivity contribution is 7.19. The van der Waals surface area contributed by atoms with Gasteiger partial charge >= 0.3 is 0 Å². The van der Waals surface area contributed by atoms with Crippen LogP contribution in [-0.2, 0) is 6.42 Å². The van der Waals surface area contributed by atoms with E-state index in [0.29, 0.717) is 16.2 Å². The molecule has 1 atom stereocenters. The van der Waals surface area contributed by atoms with E-state index < -0.39 is 0 Å². The predicted octanol–water partition coefficient (Wildman–Crippen LogP) is 4.99. The number of thiophene rings is 1. The Labute approximate surface area is 111 Å². The summed E-state index contributed by atoms with van der Waals surface area (Å²) < 4.78 is 14.5. The van der Waals surface area contributed by atoms with Crippen molar-refractivity contribution in [3.63, 3.8) is 0 Å². The third kappa shape index (κ3) is 1.91. The van der Waals surface area contributed by atoms with Crippen molar-refractivity contribution < 1.29 is 4.39 Å². The first-order chi connectivity index (χ1) is 8.63. The molecule has 0 N–H and O–H groups in total. The topological polar surface area (TPSA) is 23.8 Å². The van der Waals surface area contributed by atoms with Crippen LogP contribution in [0.25, 0.3) is 10.1 Å². The summed E-state index contributed by atoms with van der Waals surface area (Å²) >= 11 is 1.44. The number of hydrogen-bond acceptors (Lipinski definition) is 2. The molecule has 0 aliphatic heterocycles. The van der Waals surface area contributed by atoms with Crippen LogP contribution in [0.5, 0.6) is 0 Å². The van der Waals surface area contributed by atoms with E-state index in [0.717, 1.165) is 28.7 Å². The summed E-state index contributed by atoms with van der Waals surface area (Å²) in [6, 6.07) is 5.59. The molecule has 0 spiro atoms. The van der Waals surface area contributed by atoms with Gasteiger partial charge < -0.3 is 0 Å². The monoisotopic (exact) mass is 261 g/mol. The summed E-state index contributed by atoms with van der Waals surface area (Å²) in [7, 11) is 0. The average molecular weight is 261 g/mol. The minimum Gasteiger partial charge on any atom is -0.205 e. The maximum atomic E-state index is 13.9. The Morgan fingerprint density at radius 2 is 2.11 bits per heavy atom. The van der Waals surface area contributed by atoms with Crippen molar-refractivity contribution in [1.82, 2.24) is 0 Å². The van der Waals surface area contributed by atoms with Crippen molar-refractivity contribution in [2.75, 3.05) is 0 Å². The number of aryl methyl sites for hydroxylation is 1. The zero-order valence-electron chi connectivity index (χ0n) is 10.9. The molecule has 1 unspecified atom stereocenters. The van der Waals surface area contributed by atoms with E-state index in [1.54, 1.807) is 6.07 Å². The molecule has 1 aromatic carbocycles. The van der Waals surface area contributed by atoms with Gasteiger partial charge in [-0.25, -0.2) is 4.39 Å². The Bertz CT molecular complexity index is 621. The van der Waals surface area contributed by atoms with Gasteiger partial charge in [0.15, 0.2) is 0 Å². The highest BCUT2D eigenvalue weighted by Crippen LogP contribution is 2.39. The van der Waals surface area contributed by atoms with Gasteiger partial charge in [0, 0.05) is 10.3 Å². The van der Waals surface area contributed by atoms with Gasteiger partial charge in [-0.2, -0.15) is 5.26 Å². The van der Waals surface area contributed by atoms with Crippen molar-refractivity contribution in [1.29, 1.82) is 5.26 Å². The lowest BCUT2D eigenvalue weighted by Crippen LogP contribution is -1.91. The Balaban J connectivity index is 2.85. The number of benzene rings is 1. The first kappa shape index (κ1) is 13.0. The summed E-state index contributed by atoms with van der Waals surface area (Å²) in [5.41, 5.74) is 1.74. The lowest BCUT2D eigenvalue weighted by molar-refractivity contribution is 0.641. The van der Waals surface area contributed by atoms with Gasteiger partial charge in [0.05, 0.1) is 10.3 Å². The van der Waals surface area contributed by atoms with Crippen LogP contribution in [0.15, 0.2) is 12.1 Å². The quantitative estimate of drug-likeness (QED) is 0.763. The molecule has 3 heteroatoms. The molecule has 94 valence electrons. The van der Waals surface area contributed by atoms with E-state index >= 15 is 0 Å². The average Bonchev–Trinajstić information content (AvgIpc) is 2.78. The standard InChI is InChI=1S/C15H16FNS/c1-4-9(3)14-11(8-17)13-10(5-2)6-7-12(16)15(13)18-14/h6-7,9H,4-5H2,1-3H3. The minimum absolute atomic E-state index is 0.210. The van der Waals surface area contributed by atoms with Crippen molar-refractivity contribution >= 4 is 21.4 Å². The van der Waals surface area contributed by atoms with E-state index in [2.05, 4.69) is 19.9 Å². The molecule has 2 aromatic rings. The second-order valence-electron chi connectivity index (χ2n) is 4.53. The van der Waals surface area contributed by atoms with Crippen LogP contribution in [-0.4, -0.2) is 0 Å². The Hall–Kier alpha value is -1.40. The third-order valence-corrected chi connectivity index (χ3v) is 4.89. The molecule has 0 saturated carbocycles. The van der Waals surface area contributed by atoms with Crippen LogP contribution in [0.3, 0.4) is 0 Å². The molecule has 1 nitrogen and oxygen atoms in total. The summed E-state index contributed by atoms with van der Waals surface area (Å²) in [5.74, 6) is 0.0967. The summed E-state index contributed by atoms with van der Waals surface area (Å²) in [6.45, 7) is 6.22. The number of fused-ring (bicyclic) bond motifs is 1. The van der Waals surface area contributed by atoms with Crippen LogP contribution < -0.4 is 0 Å². The maximum absolute atomic E-state index is 13.9. The molecule has 2 rings (SSSR count). The molecular weight excluding hydrogens is 245 g/mol. The highest BCUT2D eigenvalue weighted by Gasteiger charge is 2.20. The van der Waals surface area contributed by atoms with E-state index in [-0.39, 0.29) is 5.82 Å². The van der Waals surface area contributed by atoms with Crippen LogP contribution >= 0.6 is 11.3 Å². The van der Waals surface area contributed by atoms with Gasteiger partial charge in [0.25, 0.3) is 0 Å². The van der Waals surface area contributed by atoms with Crippen molar-refractivity contribution in [2.24, 2.45) is 0 Å². The molecule has 0 fully saturated rings. The molecule has 0 bridgehead atoms. The van der Waals surface area contributed by atoms with Crippen LogP contribution in [0.2, 0.25) is 0 Å². The van der Waals surface area contributed by atoms with Crippen molar-refractivity contribution in [2.45, 2.75) is 39.5 Å². The third-order valence-electron chi connectivity index (χ3n) is 3.46. The van der Waals surface area contributed by atoms with Gasteiger partial charge in [-0.1, -0.05) is 26.8 Å². The van der Waals surface area contributed by atoms with Crippen molar-refractivity contribution in [3.05, 3.63) is 34.0 Å². The first-order valence-corrected chi connectivity index (χ1v) is 7.09. The van der Waals surface area contributed by atoms with Crippen LogP contribution in [0.1, 0.15) is 49.1 Å². The SMILES string of the molecule is CCc1ccc(F)c2sc(C(C)CC)c(C#N)c12. The second kappa shape index (κ2) is 5.07. The van der Waals surface area contributed by atoms with Gasteiger partial charge in [0.1, 0.15) is 11.9 Å². The molecule has 0 aliphatic rings. The smallest absolute Gasteiger partial charge is 0.141 e. The van der Waals surface area contributed by atoms with Gasteiger partial charge in [-0.05, 0) is 30.4 Å². The zero-order chi connectivity index (χ0) is 13.3. The van der Waals surface area contributed by atoms with Crippen molar-refractivity contribution in [3.8, 4) is 6.07 Å². The molecule has 0 saturated heterocycles.